The molecule has 0 spiro atoms. The van der Waals surface area contributed by atoms with Gasteiger partial charge >= 0.3 is 0 Å². The van der Waals surface area contributed by atoms with Crippen molar-refractivity contribution in [1.82, 2.24) is 5.43 Å². The summed E-state index contributed by atoms with van der Waals surface area (Å²) in [6.45, 7) is 1.95. The van der Waals surface area contributed by atoms with Crippen molar-refractivity contribution in [2.75, 3.05) is 0 Å². The molecule has 4 nitrogen and oxygen atoms in total. The van der Waals surface area contributed by atoms with E-state index in [1.54, 1.807) is 23.9 Å². The number of carbonyl (C=O) groups is 1. The number of thioether (sulfide) groups is 1. The highest BCUT2D eigenvalue weighted by molar-refractivity contribution is 8.00. The first kappa shape index (κ1) is 11.9. The molecule has 0 aliphatic heterocycles. The van der Waals surface area contributed by atoms with Gasteiger partial charge in [0, 0.05) is 16.6 Å². The molecule has 0 aliphatic carbocycles. The first-order valence-corrected chi connectivity index (χ1v) is 5.45. The third-order valence-corrected chi connectivity index (χ3v) is 2.92. The second kappa shape index (κ2) is 5.63. The molecule has 15 heavy (non-hydrogen) atoms. The lowest BCUT2D eigenvalue weighted by atomic mass is 10.3. The summed E-state index contributed by atoms with van der Waals surface area (Å²) < 4.78 is 0. The third kappa shape index (κ3) is 4.22. The van der Waals surface area contributed by atoms with E-state index < -0.39 is 0 Å². The predicted octanol–water partition coefficient (Wildman–Crippen LogP) is 1.25. The summed E-state index contributed by atoms with van der Waals surface area (Å²) in [6.07, 6.45) is 0.377. The summed E-state index contributed by atoms with van der Waals surface area (Å²) in [5, 5.41) is 9.24. The highest BCUT2D eigenvalue weighted by Crippen LogP contribution is 2.26. The molecule has 1 aromatic rings. The number of aromatic hydroxyl groups is 1. The van der Waals surface area contributed by atoms with Crippen molar-refractivity contribution < 1.29 is 9.90 Å². The van der Waals surface area contributed by atoms with Crippen molar-refractivity contribution in [3.8, 4) is 5.75 Å². The summed E-state index contributed by atoms with van der Waals surface area (Å²) in [7, 11) is 0. The first-order valence-electron chi connectivity index (χ1n) is 4.57. The monoisotopic (exact) mass is 226 g/mol. The van der Waals surface area contributed by atoms with Gasteiger partial charge in [0.15, 0.2) is 0 Å². The Morgan fingerprint density at radius 3 is 2.67 bits per heavy atom. The predicted molar refractivity (Wildman–Crippen MR) is 60.4 cm³/mol. The fourth-order valence-electron chi connectivity index (χ4n) is 1.12. The molecule has 82 valence electrons. The molecule has 0 saturated heterocycles. The first-order chi connectivity index (χ1) is 7.11. The van der Waals surface area contributed by atoms with Crippen LogP contribution in [0.1, 0.15) is 13.3 Å². The molecule has 0 saturated carbocycles. The molecule has 1 unspecified atom stereocenters. The zero-order chi connectivity index (χ0) is 11.3. The van der Waals surface area contributed by atoms with Crippen molar-refractivity contribution >= 4 is 17.7 Å². The summed E-state index contributed by atoms with van der Waals surface area (Å²) in [6, 6.07) is 6.88. The zero-order valence-corrected chi connectivity index (χ0v) is 9.25. The molecule has 4 N–H and O–H groups in total. The van der Waals surface area contributed by atoms with E-state index in [2.05, 4.69) is 5.43 Å². The minimum absolute atomic E-state index is 0.151. The van der Waals surface area contributed by atoms with E-state index in [9.17, 15) is 4.79 Å². The minimum atomic E-state index is -0.172. The smallest absolute Gasteiger partial charge is 0.234 e. The number of rotatable bonds is 4. The van der Waals surface area contributed by atoms with E-state index in [4.69, 9.17) is 10.9 Å². The maximum absolute atomic E-state index is 11.0. The summed E-state index contributed by atoms with van der Waals surface area (Å²) in [5.74, 6) is 5.06. The van der Waals surface area contributed by atoms with Gasteiger partial charge in [-0.25, -0.2) is 5.84 Å². The van der Waals surface area contributed by atoms with Crippen LogP contribution in [0.3, 0.4) is 0 Å². The Morgan fingerprint density at radius 1 is 1.53 bits per heavy atom. The topological polar surface area (TPSA) is 75.4 Å². The van der Waals surface area contributed by atoms with Crippen molar-refractivity contribution in [3.63, 3.8) is 0 Å². The Bertz CT molecular complexity index is 327. The van der Waals surface area contributed by atoms with Gasteiger partial charge in [-0.05, 0) is 24.3 Å². The SMILES string of the molecule is CC(CC(=O)NN)Sc1ccc(O)cc1. The number of carbonyl (C=O) groups excluding carboxylic acids is 1. The van der Waals surface area contributed by atoms with Crippen LogP contribution in [-0.4, -0.2) is 16.3 Å². The van der Waals surface area contributed by atoms with Crippen molar-refractivity contribution in [3.05, 3.63) is 24.3 Å². The molecule has 0 heterocycles. The fraction of sp³-hybridized carbons (Fsp3) is 0.300. The number of hydrogen-bond donors (Lipinski definition) is 3. The lowest BCUT2D eigenvalue weighted by molar-refractivity contribution is -0.121. The van der Waals surface area contributed by atoms with Gasteiger partial charge in [-0.1, -0.05) is 6.92 Å². The number of phenols is 1. The molecule has 1 amide bonds. The van der Waals surface area contributed by atoms with Crippen LogP contribution in [0.5, 0.6) is 5.75 Å². The molecule has 0 radical (unpaired) electrons. The number of benzene rings is 1. The number of amides is 1. The normalized spacial score (nSPS) is 12.1. The van der Waals surface area contributed by atoms with Gasteiger partial charge < -0.3 is 5.11 Å². The molecule has 1 atom stereocenters. The quantitative estimate of drug-likeness (QED) is 0.312. The second-order valence-electron chi connectivity index (χ2n) is 3.19. The average Bonchev–Trinajstić information content (AvgIpc) is 2.21. The zero-order valence-electron chi connectivity index (χ0n) is 8.43. The van der Waals surface area contributed by atoms with E-state index >= 15 is 0 Å². The number of phenolic OH excluding ortho intramolecular Hbond substituents is 1. The van der Waals surface area contributed by atoms with Gasteiger partial charge in [-0.3, -0.25) is 10.2 Å². The van der Waals surface area contributed by atoms with Gasteiger partial charge in [0.2, 0.25) is 5.91 Å². The lowest BCUT2D eigenvalue weighted by Gasteiger charge is -2.09. The Kier molecular flexibility index (Phi) is 4.45. The van der Waals surface area contributed by atoms with E-state index in [0.29, 0.717) is 6.42 Å². The van der Waals surface area contributed by atoms with Gasteiger partial charge in [0.1, 0.15) is 5.75 Å². The van der Waals surface area contributed by atoms with Gasteiger partial charge in [0.25, 0.3) is 0 Å². The van der Waals surface area contributed by atoms with Crippen LogP contribution >= 0.6 is 11.8 Å². The molecule has 0 aliphatic rings. The van der Waals surface area contributed by atoms with Gasteiger partial charge in [0.05, 0.1) is 0 Å². The summed E-state index contributed by atoms with van der Waals surface area (Å²) in [5.41, 5.74) is 2.10. The maximum Gasteiger partial charge on any atom is 0.234 e. The average molecular weight is 226 g/mol. The molecule has 1 aromatic carbocycles. The van der Waals surface area contributed by atoms with Crippen molar-refractivity contribution in [2.45, 2.75) is 23.5 Å². The third-order valence-electron chi connectivity index (χ3n) is 1.81. The second-order valence-corrected chi connectivity index (χ2v) is 4.71. The number of hydrogen-bond acceptors (Lipinski definition) is 4. The molecule has 0 bridgehead atoms. The van der Waals surface area contributed by atoms with Crippen LogP contribution in [-0.2, 0) is 4.79 Å². The number of hydrazine groups is 1. The van der Waals surface area contributed by atoms with Gasteiger partial charge in [-0.2, -0.15) is 0 Å². The number of nitrogens with one attached hydrogen (secondary N) is 1. The molecule has 0 aromatic heterocycles. The summed E-state index contributed by atoms with van der Waals surface area (Å²) >= 11 is 1.57. The van der Waals surface area contributed by atoms with Crippen LogP contribution in [0.4, 0.5) is 0 Å². The molecular weight excluding hydrogens is 212 g/mol. The Hall–Kier alpha value is -1.20. The molecule has 1 rings (SSSR count). The van der Waals surface area contributed by atoms with E-state index in [0.717, 1.165) is 4.90 Å². The van der Waals surface area contributed by atoms with Crippen LogP contribution in [0.2, 0.25) is 0 Å². The van der Waals surface area contributed by atoms with Crippen LogP contribution in [0.25, 0.3) is 0 Å². The fourth-order valence-corrected chi connectivity index (χ4v) is 2.11. The number of nitrogens with two attached hydrogens (primary N) is 1. The minimum Gasteiger partial charge on any atom is -0.508 e. The van der Waals surface area contributed by atoms with E-state index in [1.165, 1.54) is 0 Å². The molecule has 0 fully saturated rings. The maximum atomic E-state index is 11.0. The summed E-state index contributed by atoms with van der Waals surface area (Å²) in [4.78, 5) is 12.0. The molecule has 5 heteroatoms. The Morgan fingerprint density at radius 2 is 2.13 bits per heavy atom. The van der Waals surface area contributed by atoms with E-state index in [-0.39, 0.29) is 16.9 Å². The highest BCUT2D eigenvalue weighted by Gasteiger charge is 2.09. The Labute approximate surface area is 92.8 Å². The lowest BCUT2D eigenvalue weighted by Crippen LogP contribution is -2.31. The van der Waals surface area contributed by atoms with Gasteiger partial charge in [-0.15, -0.1) is 11.8 Å². The Balaban J connectivity index is 2.47. The van der Waals surface area contributed by atoms with Crippen LogP contribution in [0.15, 0.2) is 29.2 Å². The van der Waals surface area contributed by atoms with Crippen LogP contribution in [0, 0.1) is 0 Å². The largest absolute Gasteiger partial charge is 0.508 e. The van der Waals surface area contributed by atoms with E-state index in [1.807, 2.05) is 19.1 Å². The highest BCUT2D eigenvalue weighted by atomic mass is 32.2. The van der Waals surface area contributed by atoms with Crippen molar-refractivity contribution in [2.24, 2.45) is 5.84 Å². The van der Waals surface area contributed by atoms with Crippen molar-refractivity contribution in [1.29, 1.82) is 0 Å². The van der Waals surface area contributed by atoms with Crippen LogP contribution < -0.4 is 11.3 Å². The standard InChI is InChI=1S/C10H14N2O2S/c1-7(6-10(14)12-11)15-9-4-2-8(13)3-5-9/h2-5,7,13H,6,11H2,1H3,(H,12,14). The molecular formula is C10H14N2O2S.